The molecule has 0 aromatic rings. The third-order valence-electron chi connectivity index (χ3n) is 4.40. The van der Waals surface area contributed by atoms with E-state index in [0.29, 0.717) is 18.9 Å². The Bertz CT molecular complexity index is 375. The van der Waals surface area contributed by atoms with Crippen LogP contribution in [0.1, 0.15) is 53.4 Å². The van der Waals surface area contributed by atoms with Crippen LogP contribution in [0.2, 0.25) is 0 Å². The van der Waals surface area contributed by atoms with Crippen molar-refractivity contribution in [3.63, 3.8) is 0 Å². The number of hydrogen-bond acceptors (Lipinski definition) is 3. The molecule has 1 saturated carbocycles. The molecule has 4 heteroatoms. The van der Waals surface area contributed by atoms with Crippen LogP contribution in [0, 0.1) is 11.3 Å². The van der Waals surface area contributed by atoms with Crippen LogP contribution in [0.15, 0.2) is 0 Å². The molecule has 0 radical (unpaired) electrons. The average molecular weight is 267 g/mol. The van der Waals surface area contributed by atoms with Crippen molar-refractivity contribution in [1.29, 1.82) is 0 Å². The van der Waals surface area contributed by atoms with Gasteiger partial charge in [-0.2, -0.15) is 0 Å². The van der Waals surface area contributed by atoms with Crippen molar-refractivity contribution in [2.24, 2.45) is 11.3 Å². The quantitative estimate of drug-likeness (QED) is 0.678. The lowest BCUT2D eigenvalue weighted by atomic mass is 9.75. The minimum atomic E-state index is -0.454. The summed E-state index contributed by atoms with van der Waals surface area (Å²) in [6, 6.07) is 0. The van der Waals surface area contributed by atoms with E-state index in [9.17, 15) is 9.59 Å². The van der Waals surface area contributed by atoms with Gasteiger partial charge in [-0.1, -0.05) is 6.92 Å². The Morgan fingerprint density at radius 1 is 1.26 bits per heavy atom. The number of likely N-dealkylation sites (tertiary alicyclic amines) is 1. The average Bonchev–Trinajstić information content (AvgIpc) is 2.57. The fourth-order valence-electron chi connectivity index (χ4n) is 3.21. The molecule has 1 aliphatic heterocycles. The highest BCUT2D eigenvalue weighted by molar-refractivity contribution is 5.89. The van der Waals surface area contributed by atoms with Crippen molar-refractivity contribution in [3.05, 3.63) is 0 Å². The van der Waals surface area contributed by atoms with Crippen LogP contribution in [-0.2, 0) is 9.53 Å². The van der Waals surface area contributed by atoms with Crippen LogP contribution in [-0.4, -0.2) is 35.5 Å². The zero-order chi connectivity index (χ0) is 14.3. The Labute approximate surface area is 115 Å². The molecule has 0 bridgehead atoms. The van der Waals surface area contributed by atoms with Crippen molar-refractivity contribution in [2.45, 2.75) is 59.0 Å². The number of piperidine rings is 1. The number of hydrogen-bond donors (Lipinski definition) is 0. The molecule has 2 aliphatic rings. The minimum absolute atomic E-state index is 0.141. The van der Waals surface area contributed by atoms with E-state index in [0.717, 1.165) is 25.7 Å². The Kier molecular flexibility index (Phi) is 3.63. The van der Waals surface area contributed by atoms with Gasteiger partial charge in [0.15, 0.2) is 0 Å². The first-order valence-corrected chi connectivity index (χ1v) is 7.26. The van der Waals surface area contributed by atoms with E-state index in [1.165, 1.54) is 0 Å². The summed E-state index contributed by atoms with van der Waals surface area (Å²) in [7, 11) is 0. The van der Waals surface area contributed by atoms with Crippen LogP contribution in [0.3, 0.4) is 0 Å². The number of rotatable bonds is 0. The summed E-state index contributed by atoms with van der Waals surface area (Å²) in [6.45, 7) is 8.94. The van der Waals surface area contributed by atoms with Crippen molar-refractivity contribution in [1.82, 2.24) is 4.90 Å². The molecule has 1 spiro atoms. The highest BCUT2D eigenvalue weighted by Crippen LogP contribution is 2.45. The summed E-state index contributed by atoms with van der Waals surface area (Å²) in [5.41, 5.74) is -0.595. The van der Waals surface area contributed by atoms with Crippen LogP contribution in [0.25, 0.3) is 0 Å². The maximum Gasteiger partial charge on any atom is 0.410 e. The number of ketones is 1. The molecule has 0 aromatic carbocycles. The summed E-state index contributed by atoms with van der Waals surface area (Å²) < 4.78 is 5.38. The molecule has 4 nitrogen and oxygen atoms in total. The lowest BCUT2D eigenvalue weighted by Gasteiger charge is -2.38. The number of nitrogens with zero attached hydrogens (tertiary/aromatic N) is 1. The van der Waals surface area contributed by atoms with Crippen LogP contribution in [0.4, 0.5) is 4.79 Å². The molecule has 0 aromatic heterocycles. The van der Waals surface area contributed by atoms with E-state index < -0.39 is 5.60 Å². The molecule has 1 saturated heterocycles. The molecule has 19 heavy (non-hydrogen) atoms. The van der Waals surface area contributed by atoms with Crippen LogP contribution < -0.4 is 0 Å². The minimum Gasteiger partial charge on any atom is -0.444 e. The van der Waals surface area contributed by atoms with Gasteiger partial charge < -0.3 is 9.64 Å². The molecule has 108 valence electrons. The van der Waals surface area contributed by atoms with Gasteiger partial charge in [-0.25, -0.2) is 4.79 Å². The predicted molar refractivity (Wildman–Crippen MR) is 72.9 cm³/mol. The third-order valence-corrected chi connectivity index (χ3v) is 4.40. The second-order valence-electron chi connectivity index (χ2n) is 7.05. The Morgan fingerprint density at radius 2 is 1.84 bits per heavy atom. The van der Waals surface area contributed by atoms with E-state index in [2.05, 4.69) is 0 Å². The Morgan fingerprint density at radius 3 is 2.26 bits per heavy atom. The summed E-state index contributed by atoms with van der Waals surface area (Å²) in [4.78, 5) is 26.0. The molecule has 1 amide bonds. The molecule has 0 N–H and O–H groups in total. The standard InChI is InChI=1S/C15H25NO3/c1-11-5-6-15(12(11)17)7-9-16(10-8-15)13(18)19-14(2,3)4/h11H,5-10H2,1-4H3/t11-/m1/s1. The van der Waals surface area contributed by atoms with Crippen LogP contribution in [0.5, 0.6) is 0 Å². The Hall–Kier alpha value is -1.06. The van der Waals surface area contributed by atoms with Crippen molar-refractivity contribution >= 4 is 11.9 Å². The number of Topliss-reactive ketones (excluding diaryl/α,β-unsaturated/α-hetero) is 1. The van der Waals surface area contributed by atoms with E-state index >= 15 is 0 Å². The SMILES string of the molecule is C[C@@H]1CCC2(CCN(C(=O)OC(C)(C)C)CC2)C1=O. The van der Waals surface area contributed by atoms with Crippen LogP contribution >= 0.6 is 0 Å². The second-order valence-corrected chi connectivity index (χ2v) is 7.05. The Balaban J connectivity index is 1.93. The highest BCUT2D eigenvalue weighted by atomic mass is 16.6. The second kappa shape index (κ2) is 4.80. The molecule has 2 fully saturated rings. The lowest BCUT2D eigenvalue weighted by molar-refractivity contribution is -0.130. The lowest BCUT2D eigenvalue weighted by Crippen LogP contribution is -2.46. The first kappa shape index (κ1) is 14.4. The molecular weight excluding hydrogens is 242 g/mol. The first-order chi connectivity index (χ1) is 8.73. The van der Waals surface area contributed by atoms with E-state index in [-0.39, 0.29) is 17.4 Å². The number of carbonyl (C=O) groups is 2. The largest absolute Gasteiger partial charge is 0.444 e. The van der Waals surface area contributed by atoms with Gasteiger partial charge in [0.1, 0.15) is 11.4 Å². The van der Waals surface area contributed by atoms with Crippen molar-refractivity contribution in [2.75, 3.05) is 13.1 Å². The highest BCUT2D eigenvalue weighted by Gasteiger charge is 2.48. The van der Waals surface area contributed by atoms with Crippen molar-refractivity contribution < 1.29 is 14.3 Å². The molecule has 1 aliphatic carbocycles. The summed E-state index contributed by atoms with van der Waals surface area (Å²) in [5, 5.41) is 0. The molecule has 1 atom stereocenters. The number of carbonyl (C=O) groups excluding carboxylic acids is 2. The monoisotopic (exact) mass is 267 g/mol. The zero-order valence-electron chi connectivity index (χ0n) is 12.5. The van der Waals surface area contributed by atoms with Gasteiger partial charge in [-0.15, -0.1) is 0 Å². The maximum absolute atomic E-state index is 12.3. The third kappa shape index (κ3) is 2.93. The van der Waals surface area contributed by atoms with E-state index in [1.54, 1.807) is 4.90 Å². The van der Waals surface area contributed by atoms with Crippen molar-refractivity contribution in [3.8, 4) is 0 Å². The summed E-state index contributed by atoms with van der Waals surface area (Å²) >= 11 is 0. The van der Waals surface area contributed by atoms with Gasteiger partial charge in [0.25, 0.3) is 0 Å². The topological polar surface area (TPSA) is 46.6 Å². The first-order valence-electron chi connectivity index (χ1n) is 7.26. The maximum atomic E-state index is 12.3. The van der Waals surface area contributed by atoms with E-state index in [1.807, 2.05) is 27.7 Å². The number of amides is 1. The summed E-state index contributed by atoms with van der Waals surface area (Å²) in [5.74, 6) is 0.615. The summed E-state index contributed by atoms with van der Waals surface area (Å²) in [6.07, 6.45) is 3.35. The van der Waals surface area contributed by atoms with Gasteiger partial charge >= 0.3 is 6.09 Å². The van der Waals surface area contributed by atoms with Gasteiger partial charge in [0.2, 0.25) is 0 Å². The van der Waals surface area contributed by atoms with Gasteiger partial charge in [0.05, 0.1) is 0 Å². The van der Waals surface area contributed by atoms with Gasteiger partial charge in [-0.3, -0.25) is 4.79 Å². The fraction of sp³-hybridized carbons (Fsp3) is 0.867. The van der Waals surface area contributed by atoms with E-state index in [4.69, 9.17) is 4.74 Å². The smallest absolute Gasteiger partial charge is 0.410 e. The molecule has 1 heterocycles. The normalized spacial score (nSPS) is 26.8. The predicted octanol–water partition coefficient (Wildman–Crippen LogP) is 3.00. The van der Waals surface area contributed by atoms with Gasteiger partial charge in [0, 0.05) is 24.4 Å². The fourth-order valence-corrected chi connectivity index (χ4v) is 3.21. The van der Waals surface area contributed by atoms with Gasteiger partial charge in [-0.05, 0) is 46.5 Å². The molecule has 0 unspecified atom stereocenters. The zero-order valence-corrected chi connectivity index (χ0v) is 12.5. The number of ether oxygens (including phenoxy) is 1. The molecular formula is C15H25NO3. The molecule has 2 rings (SSSR count).